The zero-order valence-electron chi connectivity index (χ0n) is 17.2. The third kappa shape index (κ3) is 3.51. The number of nitrogens with zero attached hydrogens (tertiary/aromatic N) is 3. The van der Waals surface area contributed by atoms with Gasteiger partial charge in [-0.05, 0) is 57.0 Å². The van der Waals surface area contributed by atoms with Gasteiger partial charge in [0.1, 0.15) is 0 Å². The van der Waals surface area contributed by atoms with Crippen molar-refractivity contribution in [3.05, 3.63) is 77.1 Å². The number of para-hydroxylation sites is 1. The summed E-state index contributed by atoms with van der Waals surface area (Å²) in [6.07, 6.45) is 1.98. The molecule has 0 aliphatic carbocycles. The number of hydrogen-bond donors (Lipinski definition) is 1. The van der Waals surface area contributed by atoms with Gasteiger partial charge in [-0.1, -0.05) is 30.3 Å². The molecule has 0 spiro atoms. The zero-order chi connectivity index (χ0) is 20.5. The van der Waals surface area contributed by atoms with Crippen LogP contribution in [0.25, 0.3) is 22.2 Å². The fraction of sp³-hybridized carbons (Fsp3) is 0.208. The van der Waals surface area contributed by atoms with E-state index < -0.39 is 0 Å². The number of anilines is 1. The van der Waals surface area contributed by atoms with E-state index in [1.165, 1.54) is 0 Å². The Balaban J connectivity index is 1.83. The van der Waals surface area contributed by atoms with Gasteiger partial charge in [-0.25, -0.2) is 4.98 Å². The molecule has 0 bridgehead atoms. The molecular weight excluding hydrogens is 360 g/mol. The SMILES string of the molecule is CCn1cc(-c2cc(C(=O)Nc3cccc(C)c3C)c3ccccc3n2)c(C)n1. The summed E-state index contributed by atoms with van der Waals surface area (Å²) in [5.41, 5.74) is 7.04. The third-order valence-corrected chi connectivity index (χ3v) is 5.36. The second-order valence-electron chi connectivity index (χ2n) is 7.26. The largest absolute Gasteiger partial charge is 0.322 e. The molecule has 4 aromatic rings. The standard InChI is InChI=1S/C24H24N4O/c1-5-28-14-20(17(4)27-28)23-13-19(18-10-6-7-11-22(18)25-23)24(29)26-21-12-8-9-15(2)16(21)3/h6-14H,5H2,1-4H3,(H,26,29). The van der Waals surface area contributed by atoms with Gasteiger partial charge in [0.25, 0.3) is 5.91 Å². The zero-order valence-corrected chi connectivity index (χ0v) is 17.2. The molecule has 0 saturated heterocycles. The van der Waals surface area contributed by atoms with Crippen molar-refractivity contribution in [2.45, 2.75) is 34.2 Å². The first kappa shape index (κ1) is 18.9. The molecule has 146 valence electrons. The molecule has 0 aliphatic heterocycles. The molecule has 0 saturated carbocycles. The van der Waals surface area contributed by atoms with Crippen LogP contribution in [0.3, 0.4) is 0 Å². The van der Waals surface area contributed by atoms with Crippen molar-refractivity contribution in [1.29, 1.82) is 0 Å². The Morgan fingerprint density at radius 3 is 2.62 bits per heavy atom. The summed E-state index contributed by atoms with van der Waals surface area (Å²) in [4.78, 5) is 18.1. The number of carbonyl (C=O) groups excluding carboxylic acids is 1. The fourth-order valence-corrected chi connectivity index (χ4v) is 3.51. The molecule has 29 heavy (non-hydrogen) atoms. The molecule has 0 fully saturated rings. The molecule has 0 aliphatic rings. The third-order valence-electron chi connectivity index (χ3n) is 5.36. The van der Waals surface area contributed by atoms with Gasteiger partial charge in [-0.15, -0.1) is 0 Å². The van der Waals surface area contributed by atoms with E-state index in [-0.39, 0.29) is 5.91 Å². The van der Waals surface area contributed by atoms with Gasteiger partial charge in [0.2, 0.25) is 0 Å². The van der Waals surface area contributed by atoms with E-state index in [0.717, 1.165) is 51.2 Å². The first-order valence-corrected chi connectivity index (χ1v) is 9.79. The van der Waals surface area contributed by atoms with E-state index in [1.54, 1.807) is 0 Å². The lowest BCUT2D eigenvalue weighted by atomic mass is 10.0. The first-order chi connectivity index (χ1) is 14.0. The quantitative estimate of drug-likeness (QED) is 0.520. The van der Waals surface area contributed by atoms with E-state index >= 15 is 0 Å². The number of amides is 1. The molecule has 0 atom stereocenters. The maximum absolute atomic E-state index is 13.3. The summed E-state index contributed by atoms with van der Waals surface area (Å²) in [5.74, 6) is -0.140. The monoisotopic (exact) mass is 384 g/mol. The van der Waals surface area contributed by atoms with Crippen molar-refractivity contribution >= 4 is 22.5 Å². The fourth-order valence-electron chi connectivity index (χ4n) is 3.51. The van der Waals surface area contributed by atoms with Crippen LogP contribution in [0.2, 0.25) is 0 Å². The molecule has 0 unspecified atom stereocenters. The van der Waals surface area contributed by atoms with E-state index in [2.05, 4.69) is 10.4 Å². The molecule has 0 radical (unpaired) electrons. The van der Waals surface area contributed by atoms with Crippen LogP contribution in [-0.2, 0) is 6.54 Å². The average molecular weight is 384 g/mol. The van der Waals surface area contributed by atoms with Crippen LogP contribution in [0, 0.1) is 20.8 Å². The lowest BCUT2D eigenvalue weighted by Gasteiger charge is -2.13. The predicted octanol–water partition coefficient (Wildman–Crippen LogP) is 5.30. The average Bonchev–Trinajstić information content (AvgIpc) is 3.11. The van der Waals surface area contributed by atoms with Crippen molar-refractivity contribution < 1.29 is 4.79 Å². The highest BCUT2D eigenvalue weighted by Crippen LogP contribution is 2.28. The number of pyridine rings is 1. The summed E-state index contributed by atoms with van der Waals surface area (Å²) in [5, 5.41) is 8.44. The van der Waals surface area contributed by atoms with Gasteiger partial charge in [0.05, 0.1) is 22.5 Å². The molecule has 1 amide bonds. The Labute approximate surface area is 170 Å². The molecule has 2 aromatic heterocycles. The van der Waals surface area contributed by atoms with Gasteiger partial charge in [0, 0.05) is 29.4 Å². The summed E-state index contributed by atoms with van der Waals surface area (Å²) >= 11 is 0. The van der Waals surface area contributed by atoms with E-state index in [4.69, 9.17) is 4.98 Å². The minimum Gasteiger partial charge on any atom is -0.322 e. The number of carbonyl (C=O) groups is 1. The Hall–Kier alpha value is -3.47. The van der Waals surface area contributed by atoms with Crippen LogP contribution >= 0.6 is 0 Å². The summed E-state index contributed by atoms with van der Waals surface area (Å²) in [7, 11) is 0. The highest BCUT2D eigenvalue weighted by molar-refractivity contribution is 6.13. The Morgan fingerprint density at radius 1 is 1.07 bits per heavy atom. The van der Waals surface area contributed by atoms with Crippen molar-refractivity contribution in [2.24, 2.45) is 0 Å². The summed E-state index contributed by atoms with van der Waals surface area (Å²) in [6, 6.07) is 15.5. The van der Waals surface area contributed by atoms with Crippen LogP contribution < -0.4 is 5.32 Å². The van der Waals surface area contributed by atoms with Crippen LogP contribution in [0.4, 0.5) is 5.69 Å². The van der Waals surface area contributed by atoms with Crippen LogP contribution in [0.15, 0.2) is 54.7 Å². The normalized spacial score (nSPS) is 11.0. The molecule has 2 aromatic carbocycles. The highest BCUT2D eigenvalue weighted by atomic mass is 16.1. The molecule has 1 N–H and O–H groups in total. The lowest BCUT2D eigenvalue weighted by Crippen LogP contribution is -2.14. The summed E-state index contributed by atoms with van der Waals surface area (Å²) < 4.78 is 1.89. The maximum Gasteiger partial charge on any atom is 0.256 e. The molecule has 2 heterocycles. The van der Waals surface area contributed by atoms with Crippen molar-refractivity contribution in [1.82, 2.24) is 14.8 Å². The number of hydrogen-bond acceptors (Lipinski definition) is 3. The van der Waals surface area contributed by atoms with Crippen LogP contribution in [0.5, 0.6) is 0 Å². The van der Waals surface area contributed by atoms with Gasteiger partial charge in [0.15, 0.2) is 0 Å². The van der Waals surface area contributed by atoms with Gasteiger partial charge >= 0.3 is 0 Å². The van der Waals surface area contributed by atoms with E-state index in [0.29, 0.717) is 5.56 Å². The molecular formula is C24H24N4O. The Bertz CT molecular complexity index is 1220. The minimum absolute atomic E-state index is 0.140. The van der Waals surface area contributed by atoms with Gasteiger partial charge in [-0.3, -0.25) is 9.48 Å². The van der Waals surface area contributed by atoms with Crippen LogP contribution in [0.1, 0.15) is 34.1 Å². The smallest absolute Gasteiger partial charge is 0.256 e. The van der Waals surface area contributed by atoms with E-state index in [9.17, 15) is 4.79 Å². The number of rotatable bonds is 4. The van der Waals surface area contributed by atoms with Crippen molar-refractivity contribution in [3.63, 3.8) is 0 Å². The number of aryl methyl sites for hydroxylation is 3. The Morgan fingerprint density at radius 2 is 1.86 bits per heavy atom. The maximum atomic E-state index is 13.3. The predicted molar refractivity (Wildman–Crippen MR) is 117 cm³/mol. The molecule has 4 rings (SSSR count). The second kappa shape index (κ2) is 7.51. The highest BCUT2D eigenvalue weighted by Gasteiger charge is 2.17. The topological polar surface area (TPSA) is 59.8 Å². The number of benzene rings is 2. The first-order valence-electron chi connectivity index (χ1n) is 9.79. The van der Waals surface area contributed by atoms with Gasteiger partial charge < -0.3 is 5.32 Å². The number of aromatic nitrogens is 3. The van der Waals surface area contributed by atoms with E-state index in [1.807, 2.05) is 87.1 Å². The molecule has 5 nitrogen and oxygen atoms in total. The summed E-state index contributed by atoms with van der Waals surface area (Å²) in [6.45, 7) is 8.86. The van der Waals surface area contributed by atoms with Crippen molar-refractivity contribution in [3.8, 4) is 11.3 Å². The van der Waals surface area contributed by atoms with Gasteiger partial charge in [-0.2, -0.15) is 5.10 Å². The minimum atomic E-state index is -0.140. The molecule has 5 heteroatoms. The Kier molecular flexibility index (Phi) is 4.89. The van der Waals surface area contributed by atoms with Crippen molar-refractivity contribution in [2.75, 3.05) is 5.32 Å². The number of nitrogens with one attached hydrogen (secondary N) is 1. The number of fused-ring (bicyclic) bond motifs is 1. The lowest BCUT2D eigenvalue weighted by molar-refractivity contribution is 0.102. The second-order valence-corrected chi connectivity index (χ2v) is 7.26. The van der Waals surface area contributed by atoms with Crippen LogP contribution in [-0.4, -0.2) is 20.7 Å².